The highest BCUT2D eigenvalue weighted by atomic mass is 31.0. The largest absolute Gasteiger partial charge is 0.207 e. The van der Waals surface area contributed by atoms with Crippen LogP contribution in [0.25, 0.3) is 0 Å². The topological polar surface area (TPSA) is 23.8 Å². The molecule has 0 spiro atoms. The molecule has 0 heterocycles. The predicted octanol–water partition coefficient (Wildman–Crippen LogP) is 1.51. The van der Waals surface area contributed by atoms with Crippen molar-refractivity contribution >= 4 is 14.5 Å². The van der Waals surface area contributed by atoms with E-state index in [1.807, 2.05) is 6.07 Å². The molecule has 0 N–H and O–H groups in total. The molecule has 0 aliphatic carbocycles. The Labute approximate surface area is 67.0 Å². The second kappa shape index (κ2) is 2.98. The number of hydrogen-bond acceptors (Lipinski definition) is 1. The zero-order chi connectivity index (χ0) is 8.43. The minimum atomic E-state index is -0.325. The first kappa shape index (κ1) is 8.17. The Bertz CT molecular complexity index is 304. The van der Waals surface area contributed by atoms with E-state index in [0.29, 0.717) is 11.1 Å². The molecule has 0 radical (unpaired) electrons. The summed E-state index contributed by atoms with van der Waals surface area (Å²) >= 11 is 0. The molecule has 1 aromatic carbocycles. The maximum Gasteiger partial charge on any atom is 0.128 e. The lowest BCUT2D eigenvalue weighted by Gasteiger charge is -2.00. The highest BCUT2D eigenvalue weighted by molar-refractivity contribution is 7.27. The Hall–Kier alpha value is -0.930. The van der Waals surface area contributed by atoms with Crippen LogP contribution in [0.5, 0.6) is 0 Å². The minimum Gasteiger partial charge on any atom is -0.207 e. The molecule has 11 heavy (non-hydrogen) atoms. The molecule has 0 fully saturated rings. The van der Waals surface area contributed by atoms with Crippen LogP contribution in [-0.4, -0.2) is 0 Å². The van der Waals surface area contributed by atoms with Crippen molar-refractivity contribution in [1.29, 1.82) is 5.26 Å². The lowest BCUT2D eigenvalue weighted by atomic mass is 10.1. The van der Waals surface area contributed by atoms with Crippen LogP contribution < -0.4 is 5.30 Å². The molecule has 0 saturated heterocycles. The summed E-state index contributed by atoms with van der Waals surface area (Å²) in [6.07, 6.45) is 0. The van der Waals surface area contributed by atoms with Crippen LogP contribution in [0.4, 0.5) is 4.39 Å². The van der Waals surface area contributed by atoms with Gasteiger partial charge in [-0.05, 0) is 29.9 Å². The SMILES string of the molecule is Cc1c(F)cc(C#N)cc1P. The third kappa shape index (κ3) is 1.56. The predicted molar refractivity (Wildman–Crippen MR) is 45.2 cm³/mol. The standard InChI is InChI=1S/C8H7FNP/c1-5-7(9)2-6(4-10)3-8(5)11/h2-3H,11H2,1H3. The Balaban J connectivity index is 3.35. The van der Waals surface area contributed by atoms with Gasteiger partial charge < -0.3 is 0 Å². The molecule has 0 bridgehead atoms. The molecule has 1 atom stereocenters. The van der Waals surface area contributed by atoms with Gasteiger partial charge in [-0.25, -0.2) is 4.39 Å². The smallest absolute Gasteiger partial charge is 0.128 e. The van der Waals surface area contributed by atoms with Gasteiger partial charge in [-0.3, -0.25) is 0 Å². The molecule has 3 heteroatoms. The summed E-state index contributed by atoms with van der Waals surface area (Å²) in [5.41, 5.74) is 0.937. The van der Waals surface area contributed by atoms with Crippen LogP contribution in [-0.2, 0) is 0 Å². The highest BCUT2D eigenvalue weighted by Crippen LogP contribution is 2.08. The zero-order valence-corrected chi connectivity index (χ0v) is 7.21. The van der Waals surface area contributed by atoms with Crippen molar-refractivity contribution in [3.63, 3.8) is 0 Å². The fourth-order valence-electron chi connectivity index (χ4n) is 0.765. The molecule has 0 aliphatic rings. The summed E-state index contributed by atoms with van der Waals surface area (Å²) in [6.45, 7) is 1.68. The Morgan fingerprint density at radius 3 is 2.64 bits per heavy atom. The molecule has 1 rings (SSSR count). The lowest BCUT2D eigenvalue weighted by molar-refractivity contribution is 0.619. The van der Waals surface area contributed by atoms with Gasteiger partial charge in [-0.15, -0.1) is 9.24 Å². The van der Waals surface area contributed by atoms with Crippen molar-refractivity contribution in [3.8, 4) is 6.07 Å². The van der Waals surface area contributed by atoms with Gasteiger partial charge in [-0.2, -0.15) is 5.26 Å². The van der Waals surface area contributed by atoms with Crippen molar-refractivity contribution in [2.75, 3.05) is 0 Å². The molecule has 1 unspecified atom stereocenters. The minimum absolute atomic E-state index is 0.325. The van der Waals surface area contributed by atoms with E-state index in [-0.39, 0.29) is 5.82 Å². The first-order valence-corrected chi connectivity index (χ1v) is 3.68. The van der Waals surface area contributed by atoms with E-state index >= 15 is 0 Å². The van der Waals surface area contributed by atoms with E-state index in [0.717, 1.165) is 5.30 Å². The van der Waals surface area contributed by atoms with Gasteiger partial charge in [0.2, 0.25) is 0 Å². The second-order valence-electron chi connectivity index (χ2n) is 2.28. The van der Waals surface area contributed by atoms with Crippen LogP contribution in [0.3, 0.4) is 0 Å². The number of nitriles is 1. The fraction of sp³-hybridized carbons (Fsp3) is 0.125. The first-order chi connectivity index (χ1) is 5.15. The summed E-state index contributed by atoms with van der Waals surface area (Å²) in [5.74, 6) is -0.325. The van der Waals surface area contributed by atoms with Crippen LogP contribution in [0.2, 0.25) is 0 Å². The number of rotatable bonds is 0. The number of hydrogen-bond donors (Lipinski definition) is 0. The van der Waals surface area contributed by atoms with Crippen LogP contribution in [0, 0.1) is 24.1 Å². The van der Waals surface area contributed by atoms with E-state index in [2.05, 4.69) is 9.24 Å². The summed E-state index contributed by atoms with van der Waals surface area (Å²) in [4.78, 5) is 0. The van der Waals surface area contributed by atoms with Gasteiger partial charge in [-0.1, -0.05) is 0 Å². The van der Waals surface area contributed by atoms with Gasteiger partial charge in [0, 0.05) is 0 Å². The molecule has 0 aromatic heterocycles. The summed E-state index contributed by atoms with van der Waals surface area (Å²) in [6, 6.07) is 4.76. The molecule has 0 amide bonds. The normalized spacial score (nSPS) is 9.27. The van der Waals surface area contributed by atoms with Crippen LogP contribution in [0.15, 0.2) is 12.1 Å². The van der Waals surface area contributed by atoms with Gasteiger partial charge in [0.25, 0.3) is 0 Å². The van der Waals surface area contributed by atoms with E-state index < -0.39 is 0 Å². The van der Waals surface area contributed by atoms with Gasteiger partial charge in [0.15, 0.2) is 0 Å². The van der Waals surface area contributed by atoms with E-state index in [4.69, 9.17) is 5.26 Å². The van der Waals surface area contributed by atoms with Crippen molar-refractivity contribution < 1.29 is 4.39 Å². The Morgan fingerprint density at radius 2 is 2.18 bits per heavy atom. The molecule has 56 valence electrons. The molecular weight excluding hydrogens is 160 g/mol. The monoisotopic (exact) mass is 167 g/mol. The van der Waals surface area contributed by atoms with Crippen molar-refractivity contribution in [2.24, 2.45) is 0 Å². The molecule has 0 aliphatic heterocycles. The molecule has 1 nitrogen and oxygen atoms in total. The first-order valence-electron chi connectivity index (χ1n) is 3.11. The van der Waals surface area contributed by atoms with Gasteiger partial charge in [0.05, 0.1) is 11.6 Å². The summed E-state index contributed by atoms with van der Waals surface area (Å²) in [5, 5.41) is 9.19. The molecular formula is C8H7FNP. The molecule has 1 aromatic rings. The fourth-order valence-corrected chi connectivity index (χ4v) is 1.08. The van der Waals surface area contributed by atoms with E-state index in [1.54, 1.807) is 13.0 Å². The number of halogens is 1. The van der Waals surface area contributed by atoms with Crippen LogP contribution in [0.1, 0.15) is 11.1 Å². The lowest BCUT2D eigenvalue weighted by Crippen LogP contribution is -2.01. The third-order valence-corrected chi connectivity index (χ3v) is 2.11. The van der Waals surface area contributed by atoms with Gasteiger partial charge in [0.1, 0.15) is 5.82 Å². The average Bonchev–Trinajstić information content (AvgIpc) is 1.99. The number of benzene rings is 1. The van der Waals surface area contributed by atoms with Crippen molar-refractivity contribution in [2.45, 2.75) is 6.92 Å². The van der Waals surface area contributed by atoms with E-state index in [1.165, 1.54) is 6.07 Å². The van der Waals surface area contributed by atoms with E-state index in [9.17, 15) is 4.39 Å². The molecule has 0 saturated carbocycles. The maximum atomic E-state index is 12.9. The summed E-state index contributed by atoms with van der Waals surface area (Å²) < 4.78 is 12.9. The third-order valence-electron chi connectivity index (χ3n) is 1.51. The average molecular weight is 167 g/mol. The van der Waals surface area contributed by atoms with Crippen LogP contribution >= 0.6 is 9.24 Å². The number of nitrogens with zero attached hydrogens (tertiary/aromatic N) is 1. The maximum absolute atomic E-state index is 12.9. The quantitative estimate of drug-likeness (QED) is 0.537. The Morgan fingerprint density at radius 1 is 1.55 bits per heavy atom. The van der Waals surface area contributed by atoms with Crippen molar-refractivity contribution in [3.05, 3.63) is 29.1 Å². The summed E-state index contributed by atoms with van der Waals surface area (Å²) in [7, 11) is 2.39. The zero-order valence-electron chi connectivity index (χ0n) is 6.06. The van der Waals surface area contributed by atoms with Gasteiger partial charge >= 0.3 is 0 Å². The Kier molecular flexibility index (Phi) is 2.22. The highest BCUT2D eigenvalue weighted by Gasteiger charge is 2.02. The second-order valence-corrected chi connectivity index (χ2v) is 2.91. The van der Waals surface area contributed by atoms with Crippen molar-refractivity contribution in [1.82, 2.24) is 0 Å².